The minimum atomic E-state index is -1.23. The Morgan fingerprint density at radius 1 is 1.19 bits per heavy atom. The monoisotopic (exact) mass is 383 g/mol. The van der Waals surface area contributed by atoms with Crippen molar-refractivity contribution in [1.29, 1.82) is 0 Å². The van der Waals surface area contributed by atoms with Gasteiger partial charge in [-0.05, 0) is 35.5 Å². The minimum Gasteiger partial charge on any atom is -0.545 e. The van der Waals surface area contributed by atoms with Crippen LogP contribution < -0.4 is 25.2 Å². The average molecular weight is 383 g/mol. The summed E-state index contributed by atoms with van der Waals surface area (Å²) < 4.78 is 11.2. The summed E-state index contributed by atoms with van der Waals surface area (Å²) in [5.74, 6) is -0.617. The van der Waals surface area contributed by atoms with E-state index >= 15 is 0 Å². The molecule has 2 N–H and O–H groups in total. The van der Waals surface area contributed by atoms with Gasteiger partial charge < -0.3 is 24.7 Å². The van der Waals surface area contributed by atoms with Gasteiger partial charge in [-0.2, -0.15) is 0 Å². The largest absolute Gasteiger partial charge is 0.545 e. The molecule has 0 spiro atoms. The number of benzene rings is 2. The number of carboxylic acid groups (broad SMARTS) is 1. The molecule has 0 unspecified atom stereocenters. The van der Waals surface area contributed by atoms with Crippen LogP contribution in [0.25, 0.3) is 6.08 Å². The quantitative estimate of drug-likeness (QED) is 0.567. The lowest BCUT2D eigenvalue weighted by molar-refractivity contribution is -0.255. The van der Waals surface area contributed by atoms with Crippen molar-refractivity contribution in [3.05, 3.63) is 64.9 Å². The van der Waals surface area contributed by atoms with E-state index in [9.17, 15) is 14.7 Å². The van der Waals surface area contributed by atoms with E-state index in [1.807, 2.05) is 0 Å². The summed E-state index contributed by atoms with van der Waals surface area (Å²) >= 11 is 4.93. The summed E-state index contributed by atoms with van der Waals surface area (Å²) in [6, 6.07) is 11.5. The van der Waals surface area contributed by atoms with Gasteiger partial charge in [0.15, 0.2) is 16.6 Å². The van der Waals surface area contributed by atoms with Gasteiger partial charge >= 0.3 is 0 Å². The van der Waals surface area contributed by atoms with E-state index in [-0.39, 0.29) is 23.2 Å². The van der Waals surface area contributed by atoms with Gasteiger partial charge in [0.2, 0.25) is 0 Å². The first-order chi connectivity index (χ1) is 13.0. The zero-order chi connectivity index (χ0) is 19.4. The van der Waals surface area contributed by atoms with E-state index in [1.165, 1.54) is 19.2 Å². The maximum atomic E-state index is 11.9. The Labute approximate surface area is 160 Å². The fraction of sp³-hybridized carbons (Fsp3) is 0.105. The molecule has 0 saturated carbocycles. The third kappa shape index (κ3) is 4.24. The highest BCUT2D eigenvalue weighted by molar-refractivity contribution is 7.80. The van der Waals surface area contributed by atoms with Crippen molar-refractivity contribution < 1.29 is 24.2 Å². The lowest BCUT2D eigenvalue weighted by atomic mass is 10.1. The van der Waals surface area contributed by atoms with Crippen LogP contribution in [-0.2, 0) is 11.4 Å². The second kappa shape index (κ2) is 7.88. The van der Waals surface area contributed by atoms with E-state index in [0.29, 0.717) is 22.8 Å². The predicted molar refractivity (Wildman–Crippen MR) is 100.0 cm³/mol. The standard InChI is InChI=1S/C19H16N2O5S/c1-25-15-4-2-3-13(9-14-17(22)21-19(27)20-14)16(15)26-10-11-5-7-12(8-6-11)18(23)24/h2-9H,10H2,1H3,(H,23,24)(H2,20,21,22,27)/p-1/b14-9+. The molecule has 0 radical (unpaired) electrons. The van der Waals surface area contributed by atoms with Gasteiger partial charge in [-0.25, -0.2) is 0 Å². The van der Waals surface area contributed by atoms with Crippen LogP contribution >= 0.6 is 12.2 Å². The number of ether oxygens (including phenoxy) is 2. The number of nitrogens with one attached hydrogen (secondary N) is 2. The lowest BCUT2D eigenvalue weighted by Gasteiger charge is -2.14. The van der Waals surface area contributed by atoms with Crippen molar-refractivity contribution in [2.24, 2.45) is 0 Å². The molecule has 2 aromatic rings. The van der Waals surface area contributed by atoms with Gasteiger partial charge in [0.1, 0.15) is 12.3 Å². The predicted octanol–water partition coefficient (Wildman–Crippen LogP) is 0.983. The number of aromatic carboxylic acids is 1. The molecule has 1 heterocycles. The SMILES string of the molecule is COc1cccc(/C=C2/NC(=S)NC2=O)c1OCc1ccc(C(=O)[O-])cc1. The fourth-order valence-corrected chi connectivity index (χ4v) is 2.69. The third-order valence-electron chi connectivity index (χ3n) is 3.82. The number of carbonyl (C=O) groups is 2. The van der Waals surface area contributed by atoms with Gasteiger partial charge in [0.05, 0.1) is 13.1 Å². The highest BCUT2D eigenvalue weighted by Gasteiger charge is 2.21. The maximum Gasteiger partial charge on any atom is 0.273 e. The van der Waals surface area contributed by atoms with Crippen molar-refractivity contribution >= 4 is 35.3 Å². The highest BCUT2D eigenvalue weighted by atomic mass is 32.1. The Balaban J connectivity index is 1.85. The molecule has 1 aliphatic rings. The number of amides is 1. The molecule has 7 nitrogen and oxygen atoms in total. The number of hydrogen-bond acceptors (Lipinski definition) is 6. The molecule has 0 bridgehead atoms. The molecule has 8 heteroatoms. The first-order valence-corrected chi connectivity index (χ1v) is 8.33. The van der Waals surface area contributed by atoms with Crippen LogP contribution in [0.5, 0.6) is 11.5 Å². The lowest BCUT2D eigenvalue weighted by Crippen LogP contribution is -2.22. The first-order valence-electron chi connectivity index (χ1n) is 7.92. The molecule has 1 amide bonds. The molecule has 138 valence electrons. The van der Waals surface area contributed by atoms with Gasteiger partial charge in [-0.15, -0.1) is 0 Å². The topological polar surface area (TPSA) is 99.7 Å². The van der Waals surface area contributed by atoms with Gasteiger partial charge in [0, 0.05) is 5.56 Å². The second-order valence-corrected chi connectivity index (χ2v) is 6.03. The normalized spacial score (nSPS) is 14.6. The van der Waals surface area contributed by atoms with Crippen molar-refractivity contribution in [1.82, 2.24) is 10.6 Å². The second-order valence-electron chi connectivity index (χ2n) is 5.62. The summed E-state index contributed by atoms with van der Waals surface area (Å²) in [5.41, 5.74) is 1.79. The van der Waals surface area contributed by atoms with E-state index in [4.69, 9.17) is 21.7 Å². The van der Waals surface area contributed by atoms with Crippen LogP contribution in [0.15, 0.2) is 48.2 Å². The third-order valence-corrected chi connectivity index (χ3v) is 4.03. The Bertz CT molecular complexity index is 938. The van der Waals surface area contributed by atoms with Crippen LogP contribution in [0.2, 0.25) is 0 Å². The summed E-state index contributed by atoms with van der Waals surface area (Å²) in [7, 11) is 1.52. The molecular weight excluding hydrogens is 368 g/mol. The van der Waals surface area contributed by atoms with Gasteiger partial charge in [0.25, 0.3) is 5.91 Å². The summed E-state index contributed by atoms with van der Waals surface area (Å²) in [6.45, 7) is 0.182. The van der Waals surface area contributed by atoms with Crippen molar-refractivity contribution in [3.63, 3.8) is 0 Å². The highest BCUT2D eigenvalue weighted by Crippen LogP contribution is 2.33. The Morgan fingerprint density at radius 3 is 2.52 bits per heavy atom. The number of thiocarbonyl (C=S) groups is 1. The molecule has 1 aliphatic heterocycles. The molecule has 1 fully saturated rings. The minimum absolute atomic E-state index is 0.0933. The Morgan fingerprint density at radius 2 is 1.93 bits per heavy atom. The average Bonchev–Trinajstić information content (AvgIpc) is 2.97. The molecule has 1 saturated heterocycles. The van der Waals surface area contributed by atoms with Crippen LogP contribution in [0.4, 0.5) is 0 Å². The van der Waals surface area contributed by atoms with Crippen LogP contribution in [0.3, 0.4) is 0 Å². The summed E-state index contributed by atoms with van der Waals surface area (Å²) in [5, 5.41) is 16.3. The van der Waals surface area contributed by atoms with Crippen molar-refractivity contribution in [3.8, 4) is 11.5 Å². The van der Waals surface area contributed by atoms with Crippen LogP contribution in [-0.4, -0.2) is 24.1 Å². The number of methoxy groups -OCH3 is 1. The zero-order valence-corrected chi connectivity index (χ0v) is 15.1. The number of para-hydroxylation sites is 1. The maximum absolute atomic E-state index is 11.9. The molecule has 3 rings (SSSR count). The van der Waals surface area contributed by atoms with E-state index in [0.717, 1.165) is 5.56 Å². The van der Waals surface area contributed by atoms with Crippen molar-refractivity contribution in [2.45, 2.75) is 6.61 Å². The molecule has 0 aromatic heterocycles. The smallest absolute Gasteiger partial charge is 0.273 e. The molecule has 27 heavy (non-hydrogen) atoms. The summed E-state index contributed by atoms with van der Waals surface area (Å²) in [4.78, 5) is 22.7. The van der Waals surface area contributed by atoms with Gasteiger partial charge in [-0.1, -0.05) is 36.4 Å². The van der Waals surface area contributed by atoms with Crippen molar-refractivity contribution in [2.75, 3.05) is 7.11 Å². The number of carbonyl (C=O) groups excluding carboxylic acids is 2. The van der Waals surface area contributed by atoms with E-state index in [2.05, 4.69) is 10.6 Å². The van der Waals surface area contributed by atoms with Crippen LogP contribution in [0, 0.1) is 0 Å². The fourth-order valence-electron chi connectivity index (χ4n) is 2.49. The zero-order valence-electron chi connectivity index (χ0n) is 14.3. The molecule has 0 atom stereocenters. The Hall–Kier alpha value is -3.39. The molecule has 0 aliphatic carbocycles. The van der Waals surface area contributed by atoms with E-state index < -0.39 is 5.97 Å². The van der Waals surface area contributed by atoms with Crippen LogP contribution in [0.1, 0.15) is 21.5 Å². The van der Waals surface area contributed by atoms with E-state index in [1.54, 1.807) is 36.4 Å². The number of hydrogen-bond donors (Lipinski definition) is 2. The first kappa shape index (κ1) is 18.4. The van der Waals surface area contributed by atoms with Gasteiger partial charge in [-0.3, -0.25) is 10.1 Å². The molecule has 2 aromatic carbocycles. The molecular formula is C19H15N2O5S-. The summed E-state index contributed by atoms with van der Waals surface area (Å²) in [6.07, 6.45) is 1.62. The Kier molecular flexibility index (Phi) is 5.37. The number of rotatable bonds is 6. The number of carboxylic acids is 1.